The van der Waals surface area contributed by atoms with E-state index in [1.807, 2.05) is 6.07 Å². The van der Waals surface area contributed by atoms with Crippen molar-refractivity contribution in [3.05, 3.63) is 35.9 Å². The number of primary amides is 1. The fraction of sp³-hybridized carbons (Fsp3) is 0.542. The van der Waals surface area contributed by atoms with Crippen molar-refractivity contribution in [2.24, 2.45) is 17.4 Å². The van der Waals surface area contributed by atoms with Gasteiger partial charge < -0.3 is 37.6 Å². The Morgan fingerprint density at radius 2 is 1.47 bits per heavy atom. The van der Waals surface area contributed by atoms with Gasteiger partial charge in [0.2, 0.25) is 23.6 Å². The number of aliphatic hydroxyl groups excluding tert-OH is 1. The maximum Gasteiger partial charge on any atom is 0.326 e. The van der Waals surface area contributed by atoms with Crippen LogP contribution in [0.4, 0.5) is 0 Å². The summed E-state index contributed by atoms with van der Waals surface area (Å²) in [5.41, 5.74) is 11.9. The van der Waals surface area contributed by atoms with Crippen molar-refractivity contribution in [2.45, 2.75) is 76.7 Å². The van der Waals surface area contributed by atoms with Crippen LogP contribution in [0.25, 0.3) is 0 Å². The van der Waals surface area contributed by atoms with Crippen molar-refractivity contribution in [1.29, 1.82) is 0 Å². The molecule has 0 aliphatic heterocycles. The highest BCUT2D eigenvalue weighted by atomic mass is 16.4. The second kappa shape index (κ2) is 14.8. The number of amides is 4. The van der Waals surface area contributed by atoms with Crippen LogP contribution >= 0.6 is 0 Å². The van der Waals surface area contributed by atoms with Crippen LogP contribution in [0, 0.1) is 5.92 Å². The molecule has 0 radical (unpaired) electrons. The second-order valence-electron chi connectivity index (χ2n) is 9.12. The molecule has 1 aromatic rings. The maximum atomic E-state index is 12.9. The van der Waals surface area contributed by atoms with Gasteiger partial charge in [-0.3, -0.25) is 19.2 Å². The van der Waals surface area contributed by atoms with Crippen LogP contribution < -0.4 is 27.4 Å². The lowest BCUT2D eigenvalue weighted by Crippen LogP contribution is -2.60. The summed E-state index contributed by atoms with van der Waals surface area (Å²) in [5.74, 6) is -4.47. The van der Waals surface area contributed by atoms with Crippen LogP contribution in [0.15, 0.2) is 30.3 Å². The Bertz CT molecular complexity index is 907. The van der Waals surface area contributed by atoms with Crippen LogP contribution in [0.2, 0.25) is 0 Å². The zero-order chi connectivity index (χ0) is 27.4. The summed E-state index contributed by atoms with van der Waals surface area (Å²) < 4.78 is 0. The largest absolute Gasteiger partial charge is 0.480 e. The molecule has 0 aliphatic carbocycles. The fourth-order valence-electron chi connectivity index (χ4n) is 3.41. The minimum atomic E-state index is -1.46. The van der Waals surface area contributed by atoms with Gasteiger partial charge in [-0.25, -0.2) is 4.79 Å². The molecule has 0 spiro atoms. The average molecular weight is 508 g/mol. The number of aliphatic hydroxyl groups is 1. The number of nitrogens with two attached hydrogens (primary N) is 2. The van der Waals surface area contributed by atoms with Gasteiger partial charge >= 0.3 is 5.97 Å². The number of carboxylic acid groups (broad SMARTS) is 1. The molecule has 4 amide bonds. The van der Waals surface area contributed by atoms with Crippen molar-refractivity contribution >= 4 is 29.6 Å². The quantitative estimate of drug-likeness (QED) is 0.152. The smallest absolute Gasteiger partial charge is 0.326 e. The number of hydrogen-bond acceptors (Lipinski definition) is 7. The molecule has 0 aliphatic rings. The van der Waals surface area contributed by atoms with E-state index in [-0.39, 0.29) is 31.6 Å². The van der Waals surface area contributed by atoms with E-state index in [1.54, 1.807) is 38.1 Å². The molecular formula is C24H37N5O7. The molecule has 5 unspecified atom stereocenters. The van der Waals surface area contributed by atoms with E-state index in [0.717, 1.165) is 5.56 Å². The molecule has 0 bridgehead atoms. The number of aliphatic carboxylic acids is 1. The summed E-state index contributed by atoms with van der Waals surface area (Å²) >= 11 is 0. The predicted octanol–water partition coefficient (Wildman–Crippen LogP) is -1.21. The highest BCUT2D eigenvalue weighted by Crippen LogP contribution is 2.08. The first kappa shape index (κ1) is 30.5. The van der Waals surface area contributed by atoms with Gasteiger partial charge in [0.25, 0.3) is 0 Å². The summed E-state index contributed by atoms with van der Waals surface area (Å²) in [6, 6.07) is 3.95. The topological polar surface area (TPSA) is 214 Å². The lowest BCUT2D eigenvalue weighted by Gasteiger charge is -2.26. The van der Waals surface area contributed by atoms with E-state index in [0.29, 0.717) is 0 Å². The SMILES string of the molecule is CC(C)CC(NC(=O)C(CCC(N)=O)NC(=O)C(NC(=O)C(N)Cc1ccccc1)C(C)O)C(=O)O. The number of nitrogens with one attached hydrogen (secondary N) is 3. The monoisotopic (exact) mass is 507 g/mol. The molecular weight excluding hydrogens is 470 g/mol. The minimum absolute atomic E-state index is 0.0417. The third-order valence-electron chi connectivity index (χ3n) is 5.33. The highest BCUT2D eigenvalue weighted by molar-refractivity contribution is 5.94. The summed E-state index contributed by atoms with van der Waals surface area (Å²) in [4.78, 5) is 61.1. The first-order chi connectivity index (χ1) is 16.8. The lowest BCUT2D eigenvalue weighted by atomic mass is 10.0. The van der Waals surface area contributed by atoms with E-state index in [9.17, 15) is 34.2 Å². The molecule has 9 N–H and O–H groups in total. The second-order valence-corrected chi connectivity index (χ2v) is 9.12. The number of rotatable bonds is 15. The van der Waals surface area contributed by atoms with E-state index in [2.05, 4.69) is 16.0 Å². The number of carbonyl (C=O) groups excluding carboxylic acids is 4. The molecule has 12 nitrogen and oxygen atoms in total. The molecule has 200 valence electrons. The van der Waals surface area contributed by atoms with Gasteiger partial charge in [0.1, 0.15) is 18.1 Å². The van der Waals surface area contributed by atoms with E-state index < -0.39 is 59.9 Å². The van der Waals surface area contributed by atoms with Gasteiger partial charge in [0.15, 0.2) is 0 Å². The van der Waals surface area contributed by atoms with Crippen LogP contribution in [-0.2, 0) is 30.4 Å². The van der Waals surface area contributed by atoms with E-state index in [4.69, 9.17) is 11.5 Å². The third kappa shape index (κ3) is 10.8. The minimum Gasteiger partial charge on any atom is -0.480 e. The number of carboxylic acids is 1. The van der Waals surface area contributed by atoms with Crippen LogP contribution in [-0.4, -0.2) is 70.1 Å². The van der Waals surface area contributed by atoms with Gasteiger partial charge in [0, 0.05) is 6.42 Å². The normalized spacial score (nSPS) is 15.2. The fourth-order valence-corrected chi connectivity index (χ4v) is 3.41. The Hall–Kier alpha value is -3.51. The Labute approximate surface area is 210 Å². The van der Waals surface area contributed by atoms with Gasteiger partial charge in [0.05, 0.1) is 12.1 Å². The van der Waals surface area contributed by atoms with Gasteiger partial charge in [-0.05, 0) is 37.7 Å². The van der Waals surface area contributed by atoms with Gasteiger partial charge in [-0.15, -0.1) is 0 Å². The standard InChI is InChI=1S/C24H37N5O7/c1-13(2)11-18(24(35)36)28-22(33)17(9-10-19(26)31)27-23(34)20(14(3)30)29-21(32)16(25)12-15-7-5-4-6-8-15/h4-8,13-14,16-18,20,30H,9-12,25H2,1-3H3,(H2,26,31)(H,27,34)(H,28,33)(H,29,32)(H,35,36). The Balaban J connectivity index is 2.95. The third-order valence-corrected chi connectivity index (χ3v) is 5.33. The molecule has 0 aromatic heterocycles. The molecule has 5 atom stereocenters. The number of benzene rings is 1. The summed E-state index contributed by atoms with van der Waals surface area (Å²) in [5, 5.41) is 26.6. The first-order valence-electron chi connectivity index (χ1n) is 11.7. The van der Waals surface area contributed by atoms with Crippen molar-refractivity contribution < 1.29 is 34.2 Å². The number of hydrogen-bond donors (Lipinski definition) is 7. The Kier molecular flexibility index (Phi) is 12.5. The first-order valence-corrected chi connectivity index (χ1v) is 11.7. The maximum absolute atomic E-state index is 12.9. The number of carbonyl (C=O) groups is 5. The zero-order valence-electron chi connectivity index (χ0n) is 20.8. The molecule has 1 aromatic carbocycles. The van der Waals surface area contributed by atoms with Crippen molar-refractivity contribution in [3.8, 4) is 0 Å². The van der Waals surface area contributed by atoms with Crippen molar-refractivity contribution in [3.63, 3.8) is 0 Å². The molecule has 0 saturated carbocycles. The summed E-state index contributed by atoms with van der Waals surface area (Å²) in [7, 11) is 0. The van der Waals surface area contributed by atoms with Crippen molar-refractivity contribution in [2.75, 3.05) is 0 Å². The molecule has 0 heterocycles. The molecule has 0 fully saturated rings. The van der Waals surface area contributed by atoms with E-state index in [1.165, 1.54) is 6.92 Å². The van der Waals surface area contributed by atoms with Crippen LogP contribution in [0.5, 0.6) is 0 Å². The Morgan fingerprint density at radius 3 is 1.97 bits per heavy atom. The Morgan fingerprint density at radius 1 is 0.889 bits per heavy atom. The van der Waals surface area contributed by atoms with Crippen LogP contribution in [0.1, 0.15) is 45.6 Å². The summed E-state index contributed by atoms with van der Waals surface area (Å²) in [6.45, 7) is 4.84. The molecule has 1 rings (SSSR count). The zero-order valence-corrected chi connectivity index (χ0v) is 20.8. The molecule has 12 heteroatoms. The predicted molar refractivity (Wildman–Crippen MR) is 131 cm³/mol. The molecule has 0 saturated heterocycles. The molecule has 36 heavy (non-hydrogen) atoms. The highest BCUT2D eigenvalue weighted by Gasteiger charge is 2.32. The van der Waals surface area contributed by atoms with E-state index >= 15 is 0 Å². The van der Waals surface area contributed by atoms with Gasteiger partial charge in [-0.1, -0.05) is 44.2 Å². The lowest BCUT2D eigenvalue weighted by molar-refractivity contribution is -0.143. The van der Waals surface area contributed by atoms with Crippen LogP contribution in [0.3, 0.4) is 0 Å². The van der Waals surface area contributed by atoms with Gasteiger partial charge in [-0.2, -0.15) is 0 Å². The average Bonchev–Trinajstić information content (AvgIpc) is 2.79. The van der Waals surface area contributed by atoms with Crippen molar-refractivity contribution in [1.82, 2.24) is 16.0 Å². The summed E-state index contributed by atoms with van der Waals surface area (Å²) in [6.07, 6.45) is -1.51.